The second-order valence-electron chi connectivity index (χ2n) is 36.7. The molecule has 5 aromatic heterocycles. The molecule has 4 saturated heterocycles. The summed E-state index contributed by atoms with van der Waals surface area (Å²) in [4.78, 5) is 64.4. The van der Waals surface area contributed by atoms with Crippen LogP contribution in [0.1, 0.15) is 237 Å². The van der Waals surface area contributed by atoms with E-state index in [0.717, 1.165) is 139 Å². The largest absolute Gasteiger partial charge is 0.390 e. The van der Waals surface area contributed by atoms with E-state index in [4.69, 9.17) is 86.4 Å². The van der Waals surface area contributed by atoms with Crippen LogP contribution in [0.4, 0.5) is 17.6 Å². The van der Waals surface area contributed by atoms with E-state index in [9.17, 15) is 51.7 Å². The molecule has 0 bridgehead atoms. The fourth-order valence-electron chi connectivity index (χ4n) is 19.6. The van der Waals surface area contributed by atoms with Gasteiger partial charge in [-0.3, -0.25) is 24.0 Å². The summed E-state index contributed by atoms with van der Waals surface area (Å²) in [7, 11) is 1.65. The Kier molecular flexibility index (Phi) is 34.0. The van der Waals surface area contributed by atoms with Crippen molar-refractivity contribution in [3.8, 4) is 0 Å². The smallest absolute Gasteiger partial charge is 0.270 e. The van der Waals surface area contributed by atoms with Crippen LogP contribution in [-0.2, 0) is 52.8 Å². The number of alkyl halides is 4. The van der Waals surface area contributed by atoms with Crippen LogP contribution in [0.3, 0.4) is 0 Å². The van der Waals surface area contributed by atoms with Gasteiger partial charge in [0.05, 0.1) is 151 Å². The van der Waals surface area contributed by atoms with Gasteiger partial charge < -0.3 is 77.4 Å². The molecule has 30 heteroatoms. The number of aliphatic hydroxyl groups is 2. The number of aryl methyl sites for hydroxylation is 1. The number of halogens is 9. The Bertz CT molecular complexity index is 5820. The lowest BCUT2D eigenvalue weighted by molar-refractivity contribution is -0.0214. The van der Waals surface area contributed by atoms with Crippen molar-refractivity contribution in [2.24, 2.45) is 11.8 Å². The van der Waals surface area contributed by atoms with Crippen molar-refractivity contribution in [3.05, 3.63) is 210 Å². The van der Waals surface area contributed by atoms with Crippen LogP contribution in [-0.4, -0.2) is 179 Å². The summed E-state index contributed by atoms with van der Waals surface area (Å²) in [6.07, 6.45) is 23.0. The average molecular weight is 1920 g/mol. The van der Waals surface area contributed by atoms with Crippen molar-refractivity contribution < 1.29 is 80.2 Å². The summed E-state index contributed by atoms with van der Waals surface area (Å²) in [5.41, 5.74) is 6.56. The normalized spacial score (nSPS) is 18.9. The number of nitrogens with zero attached hydrogens (tertiary/aromatic N) is 5. The van der Waals surface area contributed by atoms with E-state index in [2.05, 4.69) is 36.6 Å². The Morgan fingerprint density at radius 3 is 1.39 bits per heavy atom. The SMILES string of the molecule is CCOC(C)CNC(=O)c1cn(C2COC2)c2cccc(Cl)c12.COCCn1cc(C(=O)CCC2(c3ccc(C(C)(F)F)cc3)CCOCC2)c2c(Cl)cccc21.C[C@H]1CCC[C@@](O)(CCC(=O)c2cn(CCC(F)F)c3cccc(Cl)c23)C1.O=C(NCC1(O)CCCC1)c1cn(C2COC2)c2cccc(Cl)c12.O=C(NCCC1CCCC1)c1cn(C2COC2)c2cccc(Cl)c12. The van der Waals surface area contributed by atoms with Gasteiger partial charge in [-0.1, -0.05) is 171 Å². The first kappa shape index (κ1) is 99.6. The van der Waals surface area contributed by atoms with Crippen molar-refractivity contribution in [3.63, 3.8) is 0 Å². The van der Waals surface area contributed by atoms with E-state index >= 15 is 0 Å². The lowest BCUT2D eigenvalue weighted by Gasteiger charge is -2.38. The topological polar surface area (TPSA) is 242 Å². The number of hydrogen-bond acceptors (Lipinski definition) is 13. The third kappa shape index (κ3) is 23.8. The number of nitrogens with one attached hydrogen (secondary N) is 3. The molecule has 0 spiro atoms. The molecule has 7 fully saturated rings. The van der Waals surface area contributed by atoms with Crippen LogP contribution in [0.5, 0.6) is 0 Å². The third-order valence-corrected chi connectivity index (χ3v) is 28.8. The number of carbonyl (C=O) groups excluding carboxylic acids is 5. The molecule has 11 aromatic rings. The first-order valence-electron chi connectivity index (χ1n) is 46.4. The van der Waals surface area contributed by atoms with Gasteiger partial charge in [0.25, 0.3) is 23.6 Å². The highest BCUT2D eigenvalue weighted by atomic mass is 35.5. The van der Waals surface area contributed by atoms with Crippen molar-refractivity contribution in [2.75, 3.05) is 92.8 Å². The van der Waals surface area contributed by atoms with Crippen LogP contribution < -0.4 is 16.0 Å². The summed E-state index contributed by atoms with van der Waals surface area (Å²) >= 11 is 31.9. The summed E-state index contributed by atoms with van der Waals surface area (Å²) in [6.45, 7) is 15.5. The Labute approximate surface area is 793 Å². The van der Waals surface area contributed by atoms with E-state index in [1.807, 2.05) is 104 Å². The maximum atomic E-state index is 13.7. The summed E-state index contributed by atoms with van der Waals surface area (Å²) < 4.78 is 94.8. The summed E-state index contributed by atoms with van der Waals surface area (Å²) in [5.74, 6) is -2.06. The van der Waals surface area contributed by atoms with Crippen LogP contribution in [0.15, 0.2) is 146 Å². The van der Waals surface area contributed by atoms with Crippen molar-refractivity contribution in [1.82, 2.24) is 38.8 Å². The number of ketones is 2. The zero-order chi connectivity index (χ0) is 93.6. The number of fused-ring (bicyclic) bond motifs is 5. The molecule has 0 radical (unpaired) electrons. The number of rotatable bonds is 31. The van der Waals surface area contributed by atoms with Gasteiger partial charge in [-0.2, -0.15) is 0 Å². The lowest BCUT2D eigenvalue weighted by Crippen LogP contribution is -2.40. The molecule has 3 saturated carbocycles. The van der Waals surface area contributed by atoms with Crippen LogP contribution in [0.25, 0.3) is 54.5 Å². The maximum absolute atomic E-state index is 13.7. The zero-order valence-corrected chi connectivity index (χ0v) is 79.4. The Hall–Kier alpha value is -8.38. The molecule has 710 valence electrons. The van der Waals surface area contributed by atoms with Crippen LogP contribution in [0, 0.1) is 11.8 Å². The second kappa shape index (κ2) is 45.1. The van der Waals surface area contributed by atoms with E-state index in [0.29, 0.717) is 174 Å². The van der Waals surface area contributed by atoms with Gasteiger partial charge in [0.15, 0.2) is 11.6 Å². The van der Waals surface area contributed by atoms with Crippen molar-refractivity contribution in [2.45, 2.75) is 222 Å². The van der Waals surface area contributed by atoms with Crippen molar-refractivity contribution >= 4 is 142 Å². The Morgan fingerprint density at radius 1 is 0.523 bits per heavy atom. The van der Waals surface area contributed by atoms with Gasteiger partial charge in [0, 0.05) is 166 Å². The molecule has 9 heterocycles. The Balaban J connectivity index is 0.000000134. The average Bonchev–Trinajstić information content (AvgIpc) is 1.65. The van der Waals surface area contributed by atoms with Gasteiger partial charge >= 0.3 is 0 Å². The second-order valence-corrected chi connectivity index (χ2v) is 38.7. The quantitative estimate of drug-likeness (QED) is 0.0201. The predicted octanol–water partition coefficient (Wildman–Crippen LogP) is 22.7. The zero-order valence-electron chi connectivity index (χ0n) is 75.7. The van der Waals surface area contributed by atoms with E-state index in [1.54, 1.807) is 60.3 Å². The fourth-order valence-corrected chi connectivity index (χ4v) is 21.0. The van der Waals surface area contributed by atoms with Gasteiger partial charge in [-0.15, -0.1) is 0 Å². The molecule has 4 aliphatic heterocycles. The molecule has 5 N–H and O–H groups in total. The minimum absolute atomic E-state index is 0.00644. The van der Waals surface area contributed by atoms with Crippen molar-refractivity contribution in [1.29, 1.82) is 0 Å². The van der Waals surface area contributed by atoms with E-state index < -0.39 is 23.6 Å². The molecule has 1 unspecified atom stereocenters. The minimum Gasteiger partial charge on any atom is -0.390 e. The summed E-state index contributed by atoms with van der Waals surface area (Å²) in [5, 5.41) is 36.7. The molecule has 3 aliphatic carbocycles. The fraction of sp³-hybridized carbons (Fsp3) is 0.500. The number of Topliss-reactive ketones (excluding diaryl/α,β-unsaturated/α-hetero) is 2. The maximum Gasteiger partial charge on any atom is 0.270 e. The van der Waals surface area contributed by atoms with Crippen LogP contribution >= 0.6 is 58.0 Å². The standard InChI is InChI=1S/C27H30ClF2NO3.C21H26ClF2NO2.C19H23ClN2O2.C18H21ClN2O3.C17H21ClN2O3/c1-26(29,30)19-6-8-20(9-7-19)27(12-15-34-16-13-27)11-10-24(32)21-18-31(14-17-33-2)23-5-3-4-22(28)25(21)23;1-14-4-3-9-21(27,12-14)10-7-18(26)15-13-25(11-8-19(23)24)17-6-2-5-16(22)20(15)17;20-16-6-3-7-17-18(16)15(10-22(17)14-11-24-12-14)19(23)21-9-8-13-4-1-2-5-13;19-14-4-3-5-15-16(14)13(8-21(15)12-9-24-10-12)17(22)20-11-18(23)6-1-2-7-18;1-3-23-11(2)7-19-17(21)13-8-20(12-9-22-10-12)15-6-4-5-14(18)16(13)15/h3-9,18H,10-17H2,1-2H3;2,5-6,13-14,19,27H,3-4,7-12H2,1H3;3,6-7,10,13-14H,1-2,4-5,8-9,11-12H2,(H,21,23);3-5,8,12,23H,1-2,6-7,9-11H2,(H,20,22);4-6,8,11-12H,3,7,9-10H2,1-2H3,(H,19,21)/t;14-,21+;;;/m.0.../s1. The predicted molar refractivity (Wildman–Crippen MR) is 512 cm³/mol. The molecule has 3 atom stereocenters. The van der Waals surface area contributed by atoms with Gasteiger partial charge in [0.1, 0.15) is 0 Å². The number of carbonyl (C=O) groups is 5. The Morgan fingerprint density at radius 2 is 0.955 bits per heavy atom. The molecular weight excluding hydrogens is 1800 g/mol. The number of benzene rings is 6. The monoisotopic (exact) mass is 1920 g/mol. The van der Waals surface area contributed by atoms with Crippen LogP contribution in [0.2, 0.25) is 25.1 Å². The number of aromatic nitrogens is 5. The highest BCUT2D eigenvalue weighted by Crippen LogP contribution is 2.45. The van der Waals surface area contributed by atoms with Gasteiger partial charge in [-0.05, 0) is 150 Å². The minimum atomic E-state index is -2.88. The number of amides is 3. The molecule has 6 aromatic carbocycles. The molecule has 132 heavy (non-hydrogen) atoms. The number of methoxy groups -OCH3 is 1. The van der Waals surface area contributed by atoms with E-state index in [-0.39, 0.29) is 84.4 Å². The molecular formula is C102H121Cl5F4N8O13. The summed E-state index contributed by atoms with van der Waals surface area (Å²) in [6, 6.07) is 35.4. The highest BCUT2D eigenvalue weighted by molar-refractivity contribution is 6.39. The number of hydrogen-bond donors (Lipinski definition) is 5. The number of ether oxygens (including phenoxy) is 6. The van der Waals surface area contributed by atoms with E-state index in [1.165, 1.54) is 37.8 Å². The first-order valence-corrected chi connectivity index (χ1v) is 48.3. The molecule has 3 amide bonds. The molecule has 18 rings (SSSR count). The first-order chi connectivity index (χ1) is 63.5. The van der Waals surface area contributed by atoms with Gasteiger partial charge in [-0.25, -0.2) is 17.6 Å². The molecule has 21 nitrogen and oxygen atoms in total. The molecule has 7 aliphatic rings. The van der Waals surface area contributed by atoms with Gasteiger partial charge in [0.2, 0.25) is 6.43 Å². The lowest BCUT2D eigenvalue weighted by atomic mass is 9.70. The highest BCUT2D eigenvalue weighted by Gasteiger charge is 2.39. The third-order valence-electron chi connectivity index (χ3n) is 27.2.